The highest BCUT2D eigenvalue weighted by atomic mass is 32.2. The summed E-state index contributed by atoms with van der Waals surface area (Å²) < 4.78 is 13.7. The standard InChI is InChI=1S/C31H38FN3O2S/c1-30-13-11-21(36)15-19(30)5-8-22-23-9-10-25(31(23,2)14-12-24(22)30)26-16-27(18-3-6-20(32)7-4-18)35(34-26)29-33-28(37)17-38-29/h3-7,21-25,27,36H,8-17H2,1-2H3/t21-,22-,23-,24-,25+,27?,30-,31-/m0/s1. The van der Waals surface area contributed by atoms with E-state index in [0.717, 1.165) is 50.0 Å². The number of halogens is 1. The summed E-state index contributed by atoms with van der Waals surface area (Å²) in [7, 11) is 0. The van der Waals surface area contributed by atoms with Crippen LogP contribution in [0.3, 0.4) is 0 Å². The number of carbonyl (C=O) groups excluding carboxylic acids is 1. The van der Waals surface area contributed by atoms with E-state index in [1.807, 2.05) is 17.1 Å². The molecule has 0 radical (unpaired) electrons. The van der Waals surface area contributed by atoms with Gasteiger partial charge in [-0.3, -0.25) is 4.79 Å². The van der Waals surface area contributed by atoms with Crippen molar-refractivity contribution in [2.24, 2.45) is 44.6 Å². The Labute approximate surface area is 229 Å². The van der Waals surface area contributed by atoms with E-state index in [0.29, 0.717) is 28.7 Å². The van der Waals surface area contributed by atoms with Gasteiger partial charge in [0.05, 0.1) is 17.9 Å². The van der Waals surface area contributed by atoms with Crippen molar-refractivity contribution in [1.29, 1.82) is 0 Å². The third kappa shape index (κ3) is 3.78. The van der Waals surface area contributed by atoms with Gasteiger partial charge in [0.15, 0.2) is 5.17 Å². The molecule has 38 heavy (non-hydrogen) atoms. The number of amidine groups is 1. The monoisotopic (exact) mass is 535 g/mol. The first-order chi connectivity index (χ1) is 18.3. The lowest BCUT2D eigenvalue weighted by molar-refractivity contribution is -0.115. The van der Waals surface area contributed by atoms with E-state index in [2.05, 4.69) is 24.9 Å². The smallest absolute Gasteiger partial charge is 0.258 e. The maximum Gasteiger partial charge on any atom is 0.258 e. The second-order valence-corrected chi connectivity index (χ2v) is 14.1. The zero-order chi connectivity index (χ0) is 26.2. The number of thioether (sulfide) groups is 1. The van der Waals surface area contributed by atoms with E-state index < -0.39 is 0 Å². The van der Waals surface area contributed by atoms with Crippen LogP contribution in [-0.4, -0.2) is 38.8 Å². The number of hydrogen-bond acceptors (Lipinski definition) is 5. The Kier molecular flexibility index (Phi) is 5.94. The van der Waals surface area contributed by atoms with Gasteiger partial charge in [0.2, 0.25) is 0 Å². The van der Waals surface area contributed by atoms with Crippen molar-refractivity contribution in [3.63, 3.8) is 0 Å². The highest BCUT2D eigenvalue weighted by Crippen LogP contribution is 2.66. The van der Waals surface area contributed by atoms with E-state index in [1.165, 1.54) is 54.4 Å². The van der Waals surface area contributed by atoms with Gasteiger partial charge < -0.3 is 5.11 Å². The molecule has 202 valence electrons. The SMILES string of the molecule is C[C@]12CC[C@H]3[C@@H](CC=C4C[C@@H](O)CC[C@@]43C)[C@@H]1CC[C@@H]2C1=NN(C2=NC(=O)CS2)C(c2ccc(F)cc2)C1. The number of aliphatic hydroxyl groups excluding tert-OH is 1. The van der Waals surface area contributed by atoms with E-state index in [4.69, 9.17) is 5.10 Å². The van der Waals surface area contributed by atoms with Gasteiger partial charge in [-0.05, 0) is 97.6 Å². The van der Waals surface area contributed by atoms with Crippen LogP contribution in [0, 0.1) is 40.3 Å². The predicted molar refractivity (Wildman–Crippen MR) is 149 cm³/mol. The maximum atomic E-state index is 13.7. The Hall–Kier alpha value is -1.99. The molecule has 1 aromatic carbocycles. The van der Waals surface area contributed by atoms with E-state index in [1.54, 1.807) is 0 Å². The lowest BCUT2D eigenvalue weighted by atomic mass is 9.47. The molecule has 7 rings (SSSR count). The molecule has 8 atom stereocenters. The van der Waals surface area contributed by atoms with Gasteiger partial charge in [-0.25, -0.2) is 9.40 Å². The largest absolute Gasteiger partial charge is 0.393 e. The normalized spacial score (nSPS) is 42.3. The number of amides is 1. The quantitative estimate of drug-likeness (QED) is 0.439. The van der Waals surface area contributed by atoms with Crippen LogP contribution >= 0.6 is 11.8 Å². The predicted octanol–water partition coefficient (Wildman–Crippen LogP) is 6.50. The minimum atomic E-state index is -0.240. The summed E-state index contributed by atoms with van der Waals surface area (Å²) in [5, 5.41) is 18.2. The molecule has 7 heteroatoms. The molecule has 6 aliphatic rings. The fourth-order valence-electron chi connectivity index (χ4n) is 9.47. The van der Waals surface area contributed by atoms with Gasteiger partial charge in [-0.2, -0.15) is 10.1 Å². The molecule has 1 unspecified atom stereocenters. The summed E-state index contributed by atoms with van der Waals surface area (Å²) in [5.41, 5.74) is 4.26. The molecule has 2 aliphatic heterocycles. The second kappa shape index (κ2) is 9.02. The first kappa shape index (κ1) is 25.0. The van der Waals surface area contributed by atoms with Crippen molar-refractivity contribution in [2.45, 2.75) is 83.8 Å². The first-order valence-corrected chi connectivity index (χ1v) is 15.5. The maximum absolute atomic E-state index is 13.7. The number of rotatable bonds is 2. The number of aliphatic hydroxyl groups is 1. The number of hydrazone groups is 1. The Balaban J connectivity index is 1.18. The van der Waals surface area contributed by atoms with Crippen molar-refractivity contribution in [3.05, 3.63) is 47.3 Å². The summed E-state index contributed by atoms with van der Waals surface area (Å²) >= 11 is 1.46. The molecular weight excluding hydrogens is 497 g/mol. The third-order valence-corrected chi connectivity index (χ3v) is 12.3. The minimum absolute atomic E-state index is 0.0468. The third-order valence-electron chi connectivity index (χ3n) is 11.4. The van der Waals surface area contributed by atoms with Crippen molar-refractivity contribution in [2.75, 3.05) is 5.75 Å². The van der Waals surface area contributed by atoms with E-state index >= 15 is 0 Å². The van der Waals surface area contributed by atoms with Gasteiger partial charge in [0.25, 0.3) is 5.91 Å². The highest BCUT2D eigenvalue weighted by molar-refractivity contribution is 8.14. The molecule has 1 aromatic rings. The van der Waals surface area contributed by atoms with Gasteiger partial charge in [-0.1, -0.05) is 49.4 Å². The average molecular weight is 536 g/mol. The lowest BCUT2D eigenvalue weighted by Gasteiger charge is -2.58. The number of aliphatic imine (C=N–C) groups is 1. The lowest BCUT2D eigenvalue weighted by Crippen LogP contribution is -2.51. The Morgan fingerprint density at radius 2 is 1.87 bits per heavy atom. The molecule has 0 bridgehead atoms. The van der Waals surface area contributed by atoms with Crippen LogP contribution in [0.5, 0.6) is 0 Å². The van der Waals surface area contributed by atoms with Gasteiger partial charge in [0, 0.05) is 18.1 Å². The topological polar surface area (TPSA) is 65.3 Å². The summed E-state index contributed by atoms with van der Waals surface area (Å²) in [6.07, 6.45) is 12.1. The summed E-state index contributed by atoms with van der Waals surface area (Å²) in [5.74, 6) is 2.56. The molecule has 3 fully saturated rings. The molecule has 3 saturated carbocycles. The Bertz CT molecular complexity index is 1240. The molecule has 4 aliphatic carbocycles. The van der Waals surface area contributed by atoms with Crippen LogP contribution in [0.2, 0.25) is 0 Å². The summed E-state index contributed by atoms with van der Waals surface area (Å²) in [4.78, 5) is 16.3. The van der Waals surface area contributed by atoms with Crippen LogP contribution < -0.4 is 0 Å². The Morgan fingerprint density at radius 3 is 2.63 bits per heavy atom. The van der Waals surface area contributed by atoms with Crippen molar-refractivity contribution in [3.8, 4) is 0 Å². The molecule has 0 spiro atoms. The van der Waals surface area contributed by atoms with Crippen LogP contribution in [0.1, 0.15) is 83.2 Å². The van der Waals surface area contributed by atoms with Gasteiger partial charge in [0.1, 0.15) is 5.82 Å². The summed E-state index contributed by atoms with van der Waals surface area (Å²) in [6.45, 7) is 5.02. The molecule has 0 saturated heterocycles. The van der Waals surface area contributed by atoms with Crippen LogP contribution in [0.15, 0.2) is 46.0 Å². The van der Waals surface area contributed by atoms with Crippen LogP contribution in [-0.2, 0) is 4.79 Å². The number of fused-ring (bicyclic) bond motifs is 5. The average Bonchev–Trinajstić information content (AvgIpc) is 3.61. The van der Waals surface area contributed by atoms with Crippen LogP contribution in [0.4, 0.5) is 4.39 Å². The molecule has 1 amide bonds. The number of nitrogens with zero attached hydrogens (tertiary/aromatic N) is 3. The second-order valence-electron chi connectivity index (χ2n) is 13.1. The number of benzene rings is 1. The Morgan fingerprint density at radius 1 is 1.05 bits per heavy atom. The van der Waals surface area contributed by atoms with Crippen molar-refractivity contribution in [1.82, 2.24) is 5.01 Å². The van der Waals surface area contributed by atoms with Crippen molar-refractivity contribution >= 4 is 28.5 Å². The first-order valence-electron chi connectivity index (χ1n) is 14.5. The van der Waals surface area contributed by atoms with Crippen molar-refractivity contribution < 1.29 is 14.3 Å². The minimum Gasteiger partial charge on any atom is -0.393 e. The highest BCUT2D eigenvalue weighted by Gasteiger charge is 2.60. The molecule has 1 N–H and O–H groups in total. The van der Waals surface area contributed by atoms with E-state index in [-0.39, 0.29) is 34.7 Å². The van der Waals surface area contributed by atoms with Gasteiger partial charge >= 0.3 is 0 Å². The zero-order valence-electron chi connectivity index (χ0n) is 22.4. The molecule has 2 heterocycles. The fourth-order valence-corrected chi connectivity index (χ4v) is 10.3. The molecular formula is C31H38FN3O2S. The van der Waals surface area contributed by atoms with Crippen LogP contribution in [0.25, 0.3) is 0 Å². The zero-order valence-corrected chi connectivity index (χ0v) is 23.2. The van der Waals surface area contributed by atoms with Gasteiger partial charge in [-0.15, -0.1) is 0 Å². The number of carbonyl (C=O) groups is 1. The van der Waals surface area contributed by atoms with E-state index in [9.17, 15) is 14.3 Å². The molecule has 0 aromatic heterocycles. The summed E-state index contributed by atoms with van der Waals surface area (Å²) in [6, 6.07) is 6.69. The fraction of sp³-hybridized carbons (Fsp3) is 0.645. The number of allylic oxidation sites excluding steroid dienone is 1. The molecule has 5 nitrogen and oxygen atoms in total. The number of hydrogen-bond donors (Lipinski definition) is 1.